The summed E-state index contributed by atoms with van der Waals surface area (Å²) in [5.74, 6) is 0.591. The number of carbonyl (C=O) groups is 1. The van der Waals surface area contributed by atoms with Crippen LogP contribution in [0.3, 0.4) is 0 Å². The molecule has 0 saturated carbocycles. The third-order valence-corrected chi connectivity index (χ3v) is 3.52. The van der Waals surface area contributed by atoms with Crippen molar-refractivity contribution >= 4 is 6.03 Å². The Morgan fingerprint density at radius 1 is 1.20 bits per heavy atom. The van der Waals surface area contributed by atoms with Crippen molar-refractivity contribution < 1.29 is 9.90 Å². The average Bonchev–Trinajstić information content (AvgIpc) is 2.45. The van der Waals surface area contributed by atoms with Gasteiger partial charge in [0.2, 0.25) is 0 Å². The Bertz CT molecular complexity index is 395. The third kappa shape index (κ3) is 5.61. The molecule has 1 aromatic rings. The van der Waals surface area contributed by atoms with Crippen LogP contribution < -0.4 is 10.6 Å². The molecule has 1 aromatic carbocycles. The predicted molar refractivity (Wildman–Crippen MR) is 81.5 cm³/mol. The van der Waals surface area contributed by atoms with Crippen LogP contribution in [-0.2, 0) is 0 Å². The number of hydrogen-bond donors (Lipinski definition) is 3. The zero-order valence-corrected chi connectivity index (χ0v) is 12.6. The van der Waals surface area contributed by atoms with Crippen molar-refractivity contribution in [3.05, 3.63) is 35.9 Å². The van der Waals surface area contributed by atoms with E-state index >= 15 is 0 Å². The van der Waals surface area contributed by atoms with Gasteiger partial charge in [0.05, 0.1) is 12.6 Å². The lowest BCUT2D eigenvalue weighted by Gasteiger charge is -2.21. The summed E-state index contributed by atoms with van der Waals surface area (Å²) in [5, 5.41) is 15.1. The van der Waals surface area contributed by atoms with E-state index in [2.05, 4.69) is 24.5 Å². The van der Waals surface area contributed by atoms with Gasteiger partial charge in [-0.3, -0.25) is 0 Å². The number of hydrogen-bond acceptors (Lipinski definition) is 2. The molecule has 20 heavy (non-hydrogen) atoms. The van der Waals surface area contributed by atoms with Gasteiger partial charge in [-0.1, -0.05) is 50.6 Å². The molecule has 0 radical (unpaired) electrons. The van der Waals surface area contributed by atoms with Crippen molar-refractivity contribution in [3.63, 3.8) is 0 Å². The van der Waals surface area contributed by atoms with Crippen molar-refractivity contribution in [3.8, 4) is 0 Å². The molecule has 0 aliphatic carbocycles. The average molecular weight is 278 g/mol. The maximum Gasteiger partial charge on any atom is 0.315 e. The fraction of sp³-hybridized carbons (Fsp3) is 0.562. The molecule has 3 N–H and O–H groups in total. The van der Waals surface area contributed by atoms with Gasteiger partial charge in [-0.05, 0) is 24.8 Å². The van der Waals surface area contributed by atoms with E-state index < -0.39 is 0 Å². The van der Waals surface area contributed by atoms with E-state index in [1.165, 1.54) is 0 Å². The molecule has 4 heteroatoms. The van der Waals surface area contributed by atoms with Gasteiger partial charge in [-0.15, -0.1) is 0 Å². The van der Waals surface area contributed by atoms with Crippen LogP contribution in [-0.4, -0.2) is 23.8 Å². The minimum atomic E-state index is -0.369. The molecule has 0 fully saturated rings. The lowest BCUT2D eigenvalue weighted by atomic mass is 10.0. The molecule has 3 unspecified atom stereocenters. The van der Waals surface area contributed by atoms with Crippen LogP contribution in [0.1, 0.15) is 45.2 Å². The van der Waals surface area contributed by atoms with E-state index in [1.54, 1.807) is 0 Å². The Balaban J connectivity index is 2.48. The first-order valence-electron chi connectivity index (χ1n) is 7.29. The highest BCUT2D eigenvalue weighted by molar-refractivity contribution is 5.74. The molecule has 2 amide bonds. The number of aliphatic hydroxyl groups excluding tert-OH is 1. The SMILES string of the molecule is CCC(C)CC(C)NC(=O)NC(CO)c1ccccc1. The van der Waals surface area contributed by atoms with Crippen molar-refractivity contribution in [2.75, 3.05) is 6.61 Å². The van der Waals surface area contributed by atoms with E-state index in [1.807, 2.05) is 37.3 Å². The van der Waals surface area contributed by atoms with Crippen molar-refractivity contribution in [2.45, 2.75) is 45.7 Å². The second-order valence-corrected chi connectivity index (χ2v) is 5.41. The van der Waals surface area contributed by atoms with Crippen LogP contribution >= 0.6 is 0 Å². The lowest BCUT2D eigenvalue weighted by molar-refractivity contribution is 0.213. The third-order valence-electron chi connectivity index (χ3n) is 3.52. The maximum absolute atomic E-state index is 11.9. The number of rotatable bonds is 7. The van der Waals surface area contributed by atoms with E-state index in [0.717, 1.165) is 18.4 Å². The summed E-state index contributed by atoms with van der Waals surface area (Å²) in [5.41, 5.74) is 0.903. The molecule has 0 aliphatic rings. The van der Waals surface area contributed by atoms with Crippen molar-refractivity contribution in [1.82, 2.24) is 10.6 Å². The molecule has 0 spiro atoms. The highest BCUT2D eigenvalue weighted by Gasteiger charge is 2.15. The Hall–Kier alpha value is -1.55. The van der Waals surface area contributed by atoms with Gasteiger partial charge in [0.1, 0.15) is 0 Å². The van der Waals surface area contributed by atoms with E-state index in [0.29, 0.717) is 5.92 Å². The van der Waals surface area contributed by atoms with Gasteiger partial charge in [-0.25, -0.2) is 4.79 Å². The van der Waals surface area contributed by atoms with Gasteiger partial charge in [0.25, 0.3) is 0 Å². The predicted octanol–water partition coefficient (Wildman–Crippen LogP) is 2.84. The fourth-order valence-electron chi connectivity index (χ4n) is 2.17. The Labute approximate surface area is 121 Å². The second kappa shape index (κ2) is 8.59. The lowest BCUT2D eigenvalue weighted by Crippen LogP contribution is -2.43. The van der Waals surface area contributed by atoms with Gasteiger partial charge in [0, 0.05) is 6.04 Å². The number of aliphatic hydroxyl groups is 1. The monoisotopic (exact) mass is 278 g/mol. The van der Waals surface area contributed by atoms with Crippen LogP contribution in [0.4, 0.5) is 4.79 Å². The number of urea groups is 1. The molecule has 112 valence electrons. The van der Waals surface area contributed by atoms with Gasteiger partial charge in [-0.2, -0.15) is 0 Å². The molecular weight excluding hydrogens is 252 g/mol. The van der Waals surface area contributed by atoms with Gasteiger partial charge >= 0.3 is 6.03 Å². The summed E-state index contributed by atoms with van der Waals surface area (Å²) in [4.78, 5) is 11.9. The fourth-order valence-corrected chi connectivity index (χ4v) is 2.17. The molecule has 0 bridgehead atoms. The Morgan fingerprint density at radius 2 is 1.85 bits per heavy atom. The topological polar surface area (TPSA) is 61.4 Å². The normalized spacial score (nSPS) is 15.2. The minimum Gasteiger partial charge on any atom is -0.394 e. The largest absolute Gasteiger partial charge is 0.394 e. The number of nitrogens with one attached hydrogen (secondary N) is 2. The Kier molecular flexibility index (Phi) is 7.09. The standard InChI is InChI=1S/C16H26N2O2/c1-4-12(2)10-13(3)17-16(20)18-15(11-19)14-8-6-5-7-9-14/h5-9,12-13,15,19H,4,10-11H2,1-3H3,(H2,17,18,20). The first-order valence-corrected chi connectivity index (χ1v) is 7.29. The summed E-state index contributed by atoms with van der Waals surface area (Å²) in [7, 11) is 0. The number of benzene rings is 1. The molecule has 0 aromatic heterocycles. The molecule has 0 heterocycles. The van der Waals surface area contributed by atoms with Crippen LogP contribution in [0.15, 0.2) is 30.3 Å². The van der Waals surface area contributed by atoms with Gasteiger partial charge in [0.15, 0.2) is 0 Å². The summed E-state index contributed by atoms with van der Waals surface area (Å²) in [6.07, 6.45) is 2.07. The summed E-state index contributed by atoms with van der Waals surface area (Å²) in [6, 6.07) is 9.00. The summed E-state index contributed by atoms with van der Waals surface area (Å²) in [6.45, 7) is 6.21. The van der Waals surface area contributed by atoms with Crippen LogP contribution in [0.5, 0.6) is 0 Å². The zero-order valence-electron chi connectivity index (χ0n) is 12.6. The Morgan fingerprint density at radius 3 is 2.40 bits per heavy atom. The van der Waals surface area contributed by atoms with Gasteiger partial charge < -0.3 is 15.7 Å². The zero-order chi connectivity index (χ0) is 15.0. The van der Waals surface area contributed by atoms with Crippen LogP contribution in [0, 0.1) is 5.92 Å². The first-order chi connectivity index (χ1) is 9.56. The first kappa shape index (κ1) is 16.5. The highest BCUT2D eigenvalue weighted by Crippen LogP contribution is 2.12. The number of carbonyl (C=O) groups excluding carboxylic acids is 1. The van der Waals surface area contributed by atoms with Crippen molar-refractivity contribution in [1.29, 1.82) is 0 Å². The summed E-state index contributed by atoms with van der Waals surface area (Å²) >= 11 is 0. The summed E-state index contributed by atoms with van der Waals surface area (Å²) < 4.78 is 0. The number of amides is 2. The molecule has 0 aliphatic heterocycles. The molecule has 3 atom stereocenters. The molecule has 4 nitrogen and oxygen atoms in total. The van der Waals surface area contributed by atoms with E-state index in [-0.39, 0.29) is 24.7 Å². The highest BCUT2D eigenvalue weighted by atomic mass is 16.3. The minimum absolute atomic E-state index is 0.114. The van der Waals surface area contributed by atoms with Crippen LogP contribution in [0.25, 0.3) is 0 Å². The molecular formula is C16H26N2O2. The molecule has 0 saturated heterocycles. The maximum atomic E-state index is 11.9. The van der Waals surface area contributed by atoms with E-state index in [4.69, 9.17) is 0 Å². The van der Waals surface area contributed by atoms with Crippen LogP contribution in [0.2, 0.25) is 0 Å². The molecule has 1 rings (SSSR count). The van der Waals surface area contributed by atoms with E-state index in [9.17, 15) is 9.90 Å². The van der Waals surface area contributed by atoms with Crippen molar-refractivity contribution in [2.24, 2.45) is 5.92 Å². The quantitative estimate of drug-likeness (QED) is 0.718. The smallest absolute Gasteiger partial charge is 0.315 e. The second-order valence-electron chi connectivity index (χ2n) is 5.41.